The molecular weight excluding hydrogens is 342 g/mol. The van der Waals surface area contributed by atoms with Crippen molar-refractivity contribution in [1.29, 1.82) is 0 Å². The van der Waals surface area contributed by atoms with Crippen molar-refractivity contribution in [2.75, 3.05) is 24.1 Å². The molecule has 0 unspecified atom stereocenters. The van der Waals surface area contributed by atoms with Gasteiger partial charge in [0.25, 0.3) is 0 Å². The molecule has 0 aliphatic carbocycles. The second kappa shape index (κ2) is 7.22. The zero-order valence-corrected chi connectivity index (χ0v) is 15.3. The lowest BCUT2D eigenvalue weighted by atomic mass is 10.0. The van der Waals surface area contributed by atoms with Crippen molar-refractivity contribution >= 4 is 28.6 Å². The lowest BCUT2D eigenvalue weighted by Crippen LogP contribution is -2.45. The molecule has 1 amide bonds. The maximum Gasteiger partial charge on any atom is 0.222 e. The van der Waals surface area contributed by atoms with E-state index < -0.39 is 0 Å². The molecule has 4 N–H and O–H groups in total. The number of piperidine rings is 1. The topological polar surface area (TPSA) is 113 Å². The van der Waals surface area contributed by atoms with Crippen LogP contribution in [0.15, 0.2) is 30.7 Å². The van der Waals surface area contributed by atoms with Crippen molar-refractivity contribution in [2.45, 2.75) is 32.2 Å². The minimum absolute atomic E-state index is 0.174. The van der Waals surface area contributed by atoms with Gasteiger partial charge < -0.3 is 20.9 Å². The fourth-order valence-electron chi connectivity index (χ4n) is 3.63. The molecule has 3 aromatic heterocycles. The van der Waals surface area contributed by atoms with E-state index in [2.05, 4.69) is 25.3 Å². The van der Waals surface area contributed by atoms with Crippen molar-refractivity contribution in [2.24, 2.45) is 0 Å². The SMILES string of the molecule is CCC(=O)N1CCC[C@@H](Nc2c(-c3ccnc(N)n3)cnc3[nH]ccc23)C1. The van der Waals surface area contributed by atoms with E-state index in [9.17, 15) is 4.79 Å². The van der Waals surface area contributed by atoms with Gasteiger partial charge in [-0.05, 0) is 25.0 Å². The summed E-state index contributed by atoms with van der Waals surface area (Å²) in [4.78, 5) is 30.0. The standard InChI is InChI=1S/C19H23N7O/c1-2-16(27)26-9-3-4-12(11-26)24-17-13-5-7-21-18(13)23-10-14(17)15-6-8-22-19(20)25-15/h5-8,10,12H,2-4,9,11H2,1H3,(H2,20,22,25)(H2,21,23,24)/t12-/m1/s1. The van der Waals surface area contributed by atoms with Crippen LogP contribution < -0.4 is 11.1 Å². The Hall–Kier alpha value is -3.16. The number of carbonyl (C=O) groups excluding carboxylic acids is 1. The minimum atomic E-state index is 0.174. The summed E-state index contributed by atoms with van der Waals surface area (Å²) in [7, 11) is 0. The molecule has 4 rings (SSSR count). The lowest BCUT2D eigenvalue weighted by Gasteiger charge is -2.34. The van der Waals surface area contributed by atoms with Gasteiger partial charge in [0.1, 0.15) is 5.65 Å². The molecule has 0 saturated carbocycles. The molecule has 0 spiro atoms. The summed E-state index contributed by atoms with van der Waals surface area (Å²) in [5.41, 5.74) is 9.13. The Morgan fingerprint density at radius 3 is 3.11 bits per heavy atom. The first-order valence-corrected chi connectivity index (χ1v) is 9.25. The number of H-pyrrole nitrogens is 1. The molecule has 1 atom stereocenters. The van der Waals surface area contributed by atoms with Crippen LogP contribution in [0.4, 0.5) is 11.6 Å². The van der Waals surface area contributed by atoms with Gasteiger partial charge in [-0.1, -0.05) is 6.92 Å². The first kappa shape index (κ1) is 17.3. The summed E-state index contributed by atoms with van der Waals surface area (Å²) in [6.07, 6.45) is 7.84. The second-order valence-corrected chi connectivity index (χ2v) is 6.76. The van der Waals surface area contributed by atoms with Crippen LogP contribution in [0.1, 0.15) is 26.2 Å². The summed E-state index contributed by atoms with van der Waals surface area (Å²) >= 11 is 0. The Morgan fingerprint density at radius 1 is 1.41 bits per heavy atom. The third kappa shape index (κ3) is 3.42. The van der Waals surface area contributed by atoms with Gasteiger partial charge >= 0.3 is 0 Å². The van der Waals surface area contributed by atoms with Crippen molar-refractivity contribution in [3.05, 3.63) is 30.7 Å². The van der Waals surface area contributed by atoms with Gasteiger partial charge in [0.15, 0.2) is 0 Å². The first-order chi connectivity index (χ1) is 13.2. The Labute approximate surface area is 157 Å². The number of aromatic amines is 1. The number of carbonyl (C=O) groups is 1. The van der Waals surface area contributed by atoms with Gasteiger partial charge in [-0.2, -0.15) is 0 Å². The minimum Gasteiger partial charge on any atom is -0.379 e. The van der Waals surface area contributed by atoms with E-state index in [0.717, 1.165) is 47.4 Å². The van der Waals surface area contributed by atoms with Crippen LogP contribution in [0.2, 0.25) is 0 Å². The number of nitrogens with two attached hydrogens (primary N) is 1. The largest absolute Gasteiger partial charge is 0.379 e. The van der Waals surface area contributed by atoms with Crippen molar-refractivity contribution in [3.8, 4) is 11.3 Å². The average molecular weight is 365 g/mol. The number of pyridine rings is 1. The number of hydrogen-bond donors (Lipinski definition) is 3. The van der Waals surface area contributed by atoms with Gasteiger partial charge in [0, 0.05) is 55.1 Å². The van der Waals surface area contributed by atoms with Crippen LogP contribution in [-0.4, -0.2) is 49.9 Å². The van der Waals surface area contributed by atoms with Crippen LogP contribution in [0.5, 0.6) is 0 Å². The highest BCUT2D eigenvalue weighted by Gasteiger charge is 2.24. The van der Waals surface area contributed by atoms with Gasteiger partial charge in [0.05, 0.1) is 11.4 Å². The quantitative estimate of drug-likeness (QED) is 0.654. The van der Waals surface area contributed by atoms with Gasteiger partial charge in [-0.15, -0.1) is 0 Å². The molecule has 8 heteroatoms. The number of hydrogen-bond acceptors (Lipinski definition) is 6. The van der Waals surface area contributed by atoms with Crippen molar-refractivity contribution in [3.63, 3.8) is 0 Å². The van der Waals surface area contributed by atoms with E-state index >= 15 is 0 Å². The summed E-state index contributed by atoms with van der Waals surface area (Å²) in [6, 6.07) is 3.99. The third-order valence-corrected chi connectivity index (χ3v) is 4.96. The number of fused-ring (bicyclic) bond motifs is 1. The van der Waals surface area contributed by atoms with Gasteiger partial charge in [0.2, 0.25) is 11.9 Å². The van der Waals surface area contributed by atoms with Crippen LogP contribution in [0, 0.1) is 0 Å². The Morgan fingerprint density at radius 2 is 2.30 bits per heavy atom. The normalized spacial score (nSPS) is 17.2. The van der Waals surface area contributed by atoms with E-state index in [-0.39, 0.29) is 17.9 Å². The van der Waals surface area contributed by atoms with Gasteiger partial charge in [-0.3, -0.25) is 4.79 Å². The van der Waals surface area contributed by atoms with Crippen LogP contribution in [0.3, 0.4) is 0 Å². The molecule has 1 fully saturated rings. The van der Waals surface area contributed by atoms with Crippen molar-refractivity contribution < 1.29 is 4.79 Å². The zero-order chi connectivity index (χ0) is 18.8. The van der Waals surface area contributed by atoms with Crippen LogP contribution in [-0.2, 0) is 4.79 Å². The fourth-order valence-corrected chi connectivity index (χ4v) is 3.63. The number of aromatic nitrogens is 4. The highest BCUT2D eigenvalue weighted by Crippen LogP contribution is 2.33. The van der Waals surface area contributed by atoms with Crippen molar-refractivity contribution in [1.82, 2.24) is 24.8 Å². The highest BCUT2D eigenvalue weighted by atomic mass is 16.2. The molecule has 1 aliphatic heterocycles. The zero-order valence-electron chi connectivity index (χ0n) is 15.3. The molecule has 0 radical (unpaired) electrons. The summed E-state index contributed by atoms with van der Waals surface area (Å²) in [6.45, 7) is 3.44. The van der Waals surface area contributed by atoms with Crippen LogP contribution >= 0.6 is 0 Å². The smallest absolute Gasteiger partial charge is 0.222 e. The average Bonchev–Trinajstić information content (AvgIpc) is 3.17. The number of nitrogens with one attached hydrogen (secondary N) is 2. The predicted molar refractivity (Wildman–Crippen MR) is 105 cm³/mol. The highest BCUT2D eigenvalue weighted by molar-refractivity contribution is 5.97. The molecule has 0 aromatic carbocycles. The van der Waals surface area contributed by atoms with E-state index in [1.807, 2.05) is 30.2 Å². The monoisotopic (exact) mass is 365 g/mol. The summed E-state index contributed by atoms with van der Waals surface area (Å²) in [5.74, 6) is 0.428. The second-order valence-electron chi connectivity index (χ2n) is 6.76. The molecule has 4 heterocycles. The molecule has 3 aromatic rings. The molecule has 0 bridgehead atoms. The summed E-state index contributed by atoms with van der Waals surface area (Å²) < 4.78 is 0. The lowest BCUT2D eigenvalue weighted by molar-refractivity contribution is -0.131. The summed E-state index contributed by atoms with van der Waals surface area (Å²) in [5, 5.41) is 4.64. The van der Waals surface area contributed by atoms with E-state index in [0.29, 0.717) is 13.0 Å². The number of anilines is 2. The molecule has 140 valence electrons. The Balaban J connectivity index is 1.70. The number of amides is 1. The Bertz CT molecular complexity index is 968. The maximum absolute atomic E-state index is 12.1. The number of nitrogens with zero attached hydrogens (tertiary/aromatic N) is 4. The fraction of sp³-hybridized carbons (Fsp3) is 0.368. The predicted octanol–water partition coefficient (Wildman–Crippen LogP) is 2.42. The van der Waals surface area contributed by atoms with E-state index in [1.54, 1.807) is 12.4 Å². The molecule has 8 nitrogen and oxygen atoms in total. The molecule has 1 saturated heterocycles. The molecule has 27 heavy (non-hydrogen) atoms. The number of likely N-dealkylation sites (tertiary alicyclic amines) is 1. The van der Waals surface area contributed by atoms with E-state index in [4.69, 9.17) is 5.73 Å². The first-order valence-electron chi connectivity index (χ1n) is 9.25. The number of nitrogen functional groups attached to an aromatic ring is 1. The van der Waals surface area contributed by atoms with E-state index in [1.165, 1.54) is 0 Å². The maximum atomic E-state index is 12.1. The Kier molecular flexibility index (Phi) is 4.62. The third-order valence-electron chi connectivity index (χ3n) is 4.96. The molecule has 1 aliphatic rings. The number of rotatable bonds is 4. The molecular formula is C19H23N7O. The van der Waals surface area contributed by atoms with Crippen LogP contribution in [0.25, 0.3) is 22.3 Å². The van der Waals surface area contributed by atoms with Gasteiger partial charge in [-0.25, -0.2) is 15.0 Å².